The molecule has 1 fully saturated rings. The zero-order valence-corrected chi connectivity index (χ0v) is 25.0. The number of carbonyl (C=O) groups is 2. The number of anilines is 2. The molecule has 6 rings (SSSR count). The summed E-state index contributed by atoms with van der Waals surface area (Å²) in [5.41, 5.74) is 4.71. The van der Waals surface area contributed by atoms with Gasteiger partial charge in [-0.25, -0.2) is 8.42 Å². The van der Waals surface area contributed by atoms with Crippen molar-refractivity contribution in [2.45, 2.75) is 30.2 Å². The van der Waals surface area contributed by atoms with Crippen LogP contribution < -0.4 is 9.80 Å². The van der Waals surface area contributed by atoms with E-state index in [0.717, 1.165) is 22.4 Å². The first kappa shape index (κ1) is 28.0. The minimum Gasteiger partial charge on any atom is -0.368 e. The molecule has 2 aliphatic heterocycles. The van der Waals surface area contributed by atoms with E-state index in [-0.39, 0.29) is 33.5 Å². The van der Waals surface area contributed by atoms with Crippen molar-refractivity contribution in [1.82, 2.24) is 4.90 Å². The van der Waals surface area contributed by atoms with Crippen LogP contribution in [0.2, 0.25) is 5.02 Å². The SMILES string of the molecule is Cc1cccc(CN2C(=O)c3ccccc3S(=O)(=O)c3ccc(C(=O)N4CCN(c5cc(Cl)ccc5C)CC4)cc32)c1. The van der Waals surface area contributed by atoms with Crippen molar-refractivity contribution < 1.29 is 18.0 Å². The van der Waals surface area contributed by atoms with Crippen molar-refractivity contribution in [3.8, 4) is 0 Å². The fourth-order valence-electron chi connectivity index (χ4n) is 5.75. The van der Waals surface area contributed by atoms with Crippen LogP contribution in [0.15, 0.2) is 94.7 Å². The number of rotatable bonds is 4. The summed E-state index contributed by atoms with van der Waals surface area (Å²) in [5.74, 6) is -0.632. The normalized spacial score (nSPS) is 16.1. The van der Waals surface area contributed by atoms with E-state index in [1.807, 2.05) is 56.3 Å². The van der Waals surface area contributed by atoms with Gasteiger partial charge in [0.2, 0.25) is 9.84 Å². The minimum absolute atomic E-state index is 0.00579. The van der Waals surface area contributed by atoms with Crippen LogP contribution in [-0.2, 0) is 16.4 Å². The summed E-state index contributed by atoms with van der Waals surface area (Å²) in [5, 5.41) is 0.668. The van der Waals surface area contributed by atoms with Gasteiger partial charge < -0.3 is 14.7 Å². The molecule has 2 aliphatic rings. The first-order valence-electron chi connectivity index (χ1n) is 13.8. The maximum absolute atomic E-state index is 13.9. The summed E-state index contributed by atoms with van der Waals surface area (Å²) in [6, 6.07) is 24.4. The van der Waals surface area contributed by atoms with E-state index in [1.54, 1.807) is 29.2 Å². The molecule has 2 amide bonds. The van der Waals surface area contributed by atoms with Crippen LogP contribution >= 0.6 is 11.6 Å². The number of carbonyl (C=O) groups excluding carboxylic acids is 2. The summed E-state index contributed by atoms with van der Waals surface area (Å²) in [4.78, 5) is 33.1. The van der Waals surface area contributed by atoms with Gasteiger partial charge in [-0.05, 0) is 67.4 Å². The molecular weight excluding hydrogens is 570 g/mol. The van der Waals surface area contributed by atoms with Crippen molar-refractivity contribution in [2.75, 3.05) is 36.0 Å². The lowest BCUT2D eigenvalue weighted by atomic mass is 10.1. The van der Waals surface area contributed by atoms with E-state index < -0.39 is 15.7 Å². The molecule has 214 valence electrons. The Morgan fingerprint density at radius 3 is 2.33 bits per heavy atom. The molecule has 0 saturated carbocycles. The zero-order valence-electron chi connectivity index (χ0n) is 23.4. The summed E-state index contributed by atoms with van der Waals surface area (Å²) >= 11 is 6.23. The van der Waals surface area contributed by atoms with Crippen molar-refractivity contribution in [3.05, 3.63) is 118 Å². The van der Waals surface area contributed by atoms with E-state index in [0.29, 0.717) is 36.8 Å². The summed E-state index contributed by atoms with van der Waals surface area (Å²) in [6.45, 7) is 6.43. The standard InChI is InChI=1S/C33H30ClN3O4S/c1-22-6-5-7-24(18-22)21-37-29-19-25(11-13-31(29)42(40,41)30-9-4-3-8-27(30)33(37)39)32(38)36-16-14-35(15-17-36)28-20-26(34)12-10-23(28)2/h3-13,18-20H,14-17,21H2,1-2H3. The Hall–Kier alpha value is -4.14. The molecule has 2 heterocycles. The summed E-state index contributed by atoms with van der Waals surface area (Å²) in [6.07, 6.45) is 0. The molecule has 0 radical (unpaired) electrons. The molecular formula is C33H30ClN3O4S. The van der Waals surface area contributed by atoms with Crippen molar-refractivity contribution in [1.29, 1.82) is 0 Å². The highest BCUT2D eigenvalue weighted by Crippen LogP contribution is 2.38. The molecule has 0 unspecified atom stereocenters. The average molecular weight is 600 g/mol. The molecule has 4 aromatic carbocycles. The molecule has 0 atom stereocenters. The Morgan fingerprint density at radius 1 is 0.810 bits per heavy atom. The summed E-state index contributed by atoms with van der Waals surface area (Å²) in [7, 11) is -4.02. The van der Waals surface area contributed by atoms with Crippen molar-refractivity contribution in [3.63, 3.8) is 0 Å². The topological polar surface area (TPSA) is 78.0 Å². The zero-order chi connectivity index (χ0) is 29.6. The lowest BCUT2D eigenvalue weighted by molar-refractivity contribution is 0.0746. The number of nitrogens with zero attached hydrogens (tertiary/aromatic N) is 3. The van der Waals surface area contributed by atoms with E-state index in [4.69, 9.17) is 11.6 Å². The predicted octanol–water partition coefficient (Wildman–Crippen LogP) is 5.91. The van der Waals surface area contributed by atoms with Crippen LogP contribution in [0.3, 0.4) is 0 Å². The van der Waals surface area contributed by atoms with Gasteiger partial charge in [0.25, 0.3) is 11.8 Å². The lowest BCUT2D eigenvalue weighted by Crippen LogP contribution is -2.49. The Labute approximate surface area is 250 Å². The quantitative estimate of drug-likeness (QED) is 0.291. The smallest absolute Gasteiger partial charge is 0.259 e. The monoisotopic (exact) mass is 599 g/mol. The van der Waals surface area contributed by atoms with Crippen molar-refractivity contribution in [2.24, 2.45) is 0 Å². The van der Waals surface area contributed by atoms with Gasteiger partial charge in [-0.15, -0.1) is 0 Å². The number of amides is 2. The molecule has 9 heteroatoms. The number of halogens is 1. The van der Waals surface area contributed by atoms with E-state index in [9.17, 15) is 18.0 Å². The third-order valence-corrected chi connectivity index (χ3v) is 10.0. The Kier molecular flexibility index (Phi) is 7.29. The molecule has 42 heavy (non-hydrogen) atoms. The van der Waals surface area contributed by atoms with Gasteiger partial charge in [0.05, 0.1) is 27.6 Å². The van der Waals surface area contributed by atoms with Gasteiger partial charge in [0.15, 0.2) is 0 Å². The highest BCUT2D eigenvalue weighted by Gasteiger charge is 2.36. The third-order valence-electron chi connectivity index (χ3n) is 7.94. The first-order valence-corrected chi connectivity index (χ1v) is 15.7. The second-order valence-corrected chi connectivity index (χ2v) is 13.1. The number of sulfone groups is 1. The number of hydrogen-bond acceptors (Lipinski definition) is 5. The molecule has 0 aliphatic carbocycles. The lowest BCUT2D eigenvalue weighted by Gasteiger charge is -2.37. The Bertz CT molecular complexity index is 1830. The van der Waals surface area contributed by atoms with E-state index >= 15 is 0 Å². The first-order chi connectivity index (χ1) is 20.1. The minimum atomic E-state index is -4.02. The second kappa shape index (κ2) is 10.9. The maximum atomic E-state index is 13.9. The van der Waals surface area contributed by atoms with Gasteiger partial charge in [0, 0.05) is 42.5 Å². The van der Waals surface area contributed by atoms with Gasteiger partial charge in [0.1, 0.15) is 0 Å². The van der Waals surface area contributed by atoms with Gasteiger partial charge in [-0.1, -0.05) is 59.6 Å². The number of hydrogen-bond donors (Lipinski definition) is 0. The number of piperazine rings is 1. The fourth-order valence-corrected chi connectivity index (χ4v) is 7.54. The Morgan fingerprint density at radius 2 is 1.57 bits per heavy atom. The molecule has 0 aromatic heterocycles. The van der Waals surface area contributed by atoms with Crippen LogP contribution in [0.5, 0.6) is 0 Å². The van der Waals surface area contributed by atoms with Crippen LogP contribution in [0, 0.1) is 13.8 Å². The maximum Gasteiger partial charge on any atom is 0.259 e. The van der Waals surface area contributed by atoms with Crippen LogP contribution in [-0.4, -0.2) is 51.3 Å². The molecule has 0 spiro atoms. The largest absolute Gasteiger partial charge is 0.368 e. The van der Waals surface area contributed by atoms with Crippen LogP contribution in [0.25, 0.3) is 0 Å². The van der Waals surface area contributed by atoms with E-state index in [2.05, 4.69) is 4.90 Å². The molecule has 7 nitrogen and oxygen atoms in total. The van der Waals surface area contributed by atoms with Crippen molar-refractivity contribution >= 4 is 44.6 Å². The molecule has 0 N–H and O–H groups in total. The fraction of sp³-hybridized carbons (Fsp3) is 0.212. The van der Waals surface area contributed by atoms with Gasteiger partial charge in [-0.2, -0.15) is 0 Å². The van der Waals surface area contributed by atoms with Crippen LogP contribution in [0.4, 0.5) is 11.4 Å². The van der Waals surface area contributed by atoms with Gasteiger partial charge >= 0.3 is 0 Å². The Balaban J connectivity index is 1.35. The molecule has 1 saturated heterocycles. The van der Waals surface area contributed by atoms with Gasteiger partial charge in [-0.3, -0.25) is 9.59 Å². The highest BCUT2D eigenvalue weighted by molar-refractivity contribution is 7.91. The highest BCUT2D eigenvalue weighted by atomic mass is 35.5. The van der Waals surface area contributed by atoms with E-state index in [1.165, 1.54) is 23.1 Å². The predicted molar refractivity (Wildman–Crippen MR) is 164 cm³/mol. The molecule has 0 bridgehead atoms. The average Bonchev–Trinajstić information content (AvgIpc) is 3.06. The second-order valence-electron chi connectivity index (χ2n) is 10.8. The number of fused-ring (bicyclic) bond motifs is 2. The number of aryl methyl sites for hydroxylation is 2. The molecule has 4 aromatic rings. The van der Waals surface area contributed by atoms with Crippen LogP contribution in [0.1, 0.15) is 37.4 Å². The number of benzene rings is 4. The summed E-state index contributed by atoms with van der Waals surface area (Å²) < 4.78 is 27.7. The third kappa shape index (κ3) is 5.05.